The van der Waals surface area contributed by atoms with Crippen LogP contribution in [-0.2, 0) is 11.8 Å². The number of benzene rings is 2. The Morgan fingerprint density at radius 1 is 1.16 bits per heavy atom. The highest BCUT2D eigenvalue weighted by molar-refractivity contribution is 7.99. The average molecular weight is 435 g/mol. The lowest BCUT2D eigenvalue weighted by Crippen LogP contribution is -2.26. The second kappa shape index (κ2) is 9.09. The van der Waals surface area contributed by atoms with Crippen LogP contribution in [0.5, 0.6) is 0 Å². The molecule has 0 saturated heterocycles. The molecule has 4 aromatic rings. The van der Waals surface area contributed by atoms with Gasteiger partial charge in [-0.05, 0) is 43.3 Å². The average Bonchev–Trinajstić information content (AvgIpc) is 3.38. The number of aromatic nitrogens is 2. The third-order valence-electron chi connectivity index (χ3n) is 4.76. The normalized spacial score (nSPS) is 11.9. The highest BCUT2D eigenvalue weighted by atomic mass is 32.2. The van der Waals surface area contributed by atoms with Crippen LogP contribution in [0.25, 0.3) is 11.0 Å². The zero-order valence-electron chi connectivity index (χ0n) is 17.2. The van der Waals surface area contributed by atoms with Crippen molar-refractivity contribution in [3.63, 3.8) is 0 Å². The van der Waals surface area contributed by atoms with Crippen molar-refractivity contribution in [2.75, 3.05) is 11.1 Å². The number of rotatable bonds is 7. The summed E-state index contributed by atoms with van der Waals surface area (Å²) in [7, 11) is 1.88. The van der Waals surface area contributed by atoms with E-state index in [0.717, 1.165) is 16.1 Å². The van der Waals surface area contributed by atoms with Crippen LogP contribution in [0.15, 0.2) is 76.6 Å². The number of carbonyl (C=O) groups excluding carboxylic acids is 2. The number of furan rings is 1. The molecule has 2 N–H and O–H groups in total. The van der Waals surface area contributed by atoms with Gasteiger partial charge in [0.15, 0.2) is 5.16 Å². The third kappa shape index (κ3) is 4.97. The maximum absolute atomic E-state index is 12.6. The number of carbonyl (C=O) groups is 2. The molecule has 1 atom stereocenters. The van der Waals surface area contributed by atoms with E-state index in [4.69, 9.17) is 4.42 Å². The van der Waals surface area contributed by atoms with Crippen molar-refractivity contribution in [2.24, 2.45) is 7.05 Å². The minimum Gasteiger partial charge on any atom is -0.459 e. The summed E-state index contributed by atoms with van der Waals surface area (Å²) >= 11 is 1.36. The van der Waals surface area contributed by atoms with Crippen molar-refractivity contribution in [3.8, 4) is 0 Å². The van der Waals surface area contributed by atoms with Crippen LogP contribution in [0.4, 0.5) is 5.69 Å². The minimum atomic E-state index is -0.276. The van der Waals surface area contributed by atoms with Gasteiger partial charge in [0.05, 0.1) is 11.8 Å². The fourth-order valence-electron chi connectivity index (χ4n) is 3.09. The Morgan fingerprint density at radius 3 is 2.65 bits per heavy atom. The molecule has 7 nitrogen and oxygen atoms in total. The first-order valence-electron chi connectivity index (χ1n) is 9.79. The number of para-hydroxylation sites is 1. The minimum absolute atomic E-state index is 0.135. The van der Waals surface area contributed by atoms with Crippen molar-refractivity contribution in [1.29, 1.82) is 0 Å². The smallest absolute Gasteiger partial charge is 0.251 e. The summed E-state index contributed by atoms with van der Waals surface area (Å²) in [6.45, 7) is 1.88. The maximum atomic E-state index is 12.6. The van der Waals surface area contributed by atoms with Crippen molar-refractivity contribution < 1.29 is 14.0 Å². The van der Waals surface area contributed by atoms with Gasteiger partial charge in [0.25, 0.3) is 5.91 Å². The summed E-state index contributed by atoms with van der Waals surface area (Å²) in [6, 6.07) is 16.2. The highest BCUT2D eigenvalue weighted by Crippen LogP contribution is 2.24. The van der Waals surface area contributed by atoms with Crippen LogP contribution in [0.3, 0.4) is 0 Å². The Balaban J connectivity index is 1.32. The van der Waals surface area contributed by atoms with E-state index in [0.29, 0.717) is 17.0 Å². The van der Waals surface area contributed by atoms with Crippen LogP contribution >= 0.6 is 11.8 Å². The fraction of sp³-hybridized carbons (Fsp3) is 0.174. The number of hydrogen-bond acceptors (Lipinski definition) is 5. The van der Waals surface area contributed by atoms with Gasteiger partial charge in [0.2, 0.25) is 5.91 Å². The van der Waals surface area contributed by atoms with Crippen LogP contribution in [-0.4, -0.2) is 27.1 Å². The molecule has 4 rings (SSSR count). The van der Waals surface area contributed by atoms with E-state index in [1.54, 1.807) is 30.5 Å². The molecule has 2 aromatic heterocycles. The predicted octanol–water partition coefficient (Wildman–Crippen LogP) is 4.39. The number of fused-ring (bicyclic) bond motifs is 1. The van der Waals surface area contributed by atoms with Crippen LogP contribution in [0, 0.1) is 0 Å². The van der Waals surface area contributed by atoms with Crippen LogP contribution in [0.1, 0.15) is 29.1 Å². The molecule has 2 heterocycles. The number of nitrogens with zero attached hydrogens (tertiary/aromatic N) is 2. The highest BCUT2D eigenvalue weighted by Gasteiger charge is 2.15. The summed E-state index contributed by atoms with van der Waals surface area (Å²) < 4.78 is 7.68. The Hall–Kier alpha value is -3.52. The van der Waals surface area contributed by atoms with Crippen molar-refractivity contribution in [1.82, 2.24) is 14.9 Å². The SMILES string of the molecule is CC(NC(=O)c1ccc(NC(=O)CSc2nccn2C)cc1)c1cc2ccccc2o1. The molecule has 0 spiro atoms. The molecule has 0 radical (unpaired) electrons. The molecule has 0 bridgehead atoms. The van der Waals surface area contributed by atoms with Crippen LogP contribution < -0.4 is 10.6 Å². The number of imidazole rings is 1. The van der Waals surface area contributed by atoms with Gasteiger partial charge in [-0.25, -0.2) is 4.98 Å². The van der Waals surface area contributed by atoms with Gasteiger partial charge < -0.3 is 19.6 Å². The number of nitrogens with one attached hydrogen (secondary N) is 2. The molecule has 2 aromatic carbocycles. The molecule has 0 saturated carbocycles. The molecule has 8 heteroatoms. The van der Waals surface area contributed by atoms with Gasteiger partial charge in [-0.1, -0.05) is 30.0 Å². The standard InChI is InChI=1S/C23H22N4O3S/c1-15(20-13-17-5-3-4-6-19(17)30-20)25-22(29)16-7-9-18(10-8-16)26-21(28)14-31-23-24-11-12-27(23)2/h3-13,15H,14H2,1-2H3,(H,25,29)(H,26,28). The molecule has 1 unspecified atom stereocenters. The number of amides is 2. The number of hydrogen-bond donors (Lipinski definition) is 2. The molecule has 0 fully saturated rings. The van der Waals surface area contributed by atoms with Crippen molar-refractivity contribution >= 4 is 40.2 Å². The van der Waals surface area contributed by atoms with Gasteiger partial charge >= 0.3 is 0 Å². The lowest BCUT2D eigenvalue weighted by molar-refractivity contribution is -0.113. The van der Waals surface area contributed by atoms with E-state index in [9.17, 15) is 9.59 Å². The van der Waals surface area contributed by atoms with E-state index in [1.165, 1.54) is 11.8 Å². The van der Waals surface area contributed by atoms with Gasteiger partial charge in [-0.15, -0.1) is 0 Å². The Kier molecular flexibility index (Phi) is 6.08. The van der Waals surface area contributed by atoms with E-state index in [2.05, 4.69) is 15.6 Å². The monoisotopic (exact) mass is 434 g/mol. The third-order valence-corrected chi connectivity index (χ3v) is 5.82. The van der Waals surface area contributed by atoms with E-state index in [-0.39, 0.29) is 23.6 Å². The van der Waals surface area contributed by atoms with Crippen molar-refractivity contribution in [3.05, 3.63) is 78.3 Å². The summed E-state index contributed by atoms with van der Waals surface area (Å²) in [5.74, 6) is 0.603. The van der Waals surface area contributed by atoms with Crippen molar-refractivity contribution in [2.45, 2.75) is 18.1 Å². The van der Waals surface area contributed by atoms with Gasteiger partial charge in [-0.3, -0.25) is 9.59 Å². The number of aryl methyl sites for hydroxylation is 1. The molecule has 0 aliphatic heterocycles. The molecule has 0 aliphatic rings. The summed E-state index contributed by atoms with van der Waals surface area (Å²) in [6.07, 6.45) is 3.53. The summed E-state index contributed by atoms with van der Waals surface area (Å²) in [5.41, 5.74) is 1.93. The Labute approximate surface area is 183 Å². The largest absolute Gasteiger partial charge is 0.459 e. The summed E-state index contributed by atoms with van der Waals surface area (Å²) in [4.78, 5) is 28.9. The zero-order valence-corrected chi connectivity index (χ0v) is 18.0. The second-order valence-corrected chi connectivity index (χ2v) is 8.06. The Bertz CT molecular complexity index is 1180. The quantitative estimate of drug-likeness (QED) is 0.421. The number of thioether (sulfide) groups is 1. The topological polar surface area (TPSA) is 89.2 Å². The van der Waals surface area contributed by atoms with Gasteiger partial charge in [0.1, 0.15) is 11.3 Å². The first-order chi connectivity index (χ1) is 15.0. The number of anilines is 1. The Morgan fingerprint density at radius 2 is 1.94 bits per heavy atom. The molecule has 31 heavy (non-hydrogen) atoms. The van der Waals surface area contributed by atoms with Crippen LogP contribution in [0.2, 0.25) is 0 Å². The maximum Gasteiger partial charge on any atom is 0.251 e. The van der Waals surface area contributed by atoms with E-state index >= 15 is 0 Å². The fourth-order valence-corrected chi connectivity index (χ4v) is 3.82. The molecular weight excluding hydrogens is 412 g/mol. The first kappa shape index (κ1) is 20.7. The van der Waals surface area contributed by atoms with Gasteiger partial charge in [-0.2, -0.15) is 0 Å². The molecular formula is C23H22N4O3S. The lowest BCUT2D eigenvalue weighted by atomic mass is 10.1. The molecule has 158 valence electrons. The van der Waals surface area contributed by atoms with E-state index < -0.39 is 0 Å². The lowest BCUT2D eigenvalue weighted by Gasteiger charge is -2.12. The van der Waals surface area contributed by atoms with Gasteiger partial charge in [0, 0.05) is 36.1 Å². The summed E-state index contributed by atoms with van der Waals surface area (Å²) in [5, 5.41) is 7.55. The zero-order chi connectivity index (χ0) is 21.8. The first-order valence-corrected chi connectivity index (χ1v) is 10.8. The molecule has 2 amide bonds. The van der Waals surface area contributed by atoms with E-state index in [1.807, 2.05) is 55.1 Å². The molecule has 0 aliphatic carbocycles. The predicted molar refractivity (Wildman–Crippen MR) is 121 cm³/mol. The second-order valence-electron chi connectivity index (χ2n) is 7.12.